The molecule has 4 aromatic rings. The molecule has 0 atom stereocenters. The molecule has 0 N–H and O–H groups in total. The van der Waals surface area contributed by atoms with Gasteiger partial charge in [-0.1, -0.05) is 55.5 Å². The van der Waals surface area contributed by atoms with Crippen LogP contribution in [0.4, 0.5) is 0 Å². The molecule has 0 spiro atoms. The monoisotopic (exact) mass is 414 g/mol. The molecule has 0 unspecified atom stereocenters. The second kappa shape index (κ2) is 9.04. The molecule has 1 heterocycles. The number of para-hydroxylation sites is 1. The Balaban J connectivity index is 1.69. The van der Waals surface area contributed by atoms with Crippen LogP contribution in [-0.4, -0.2) is 29.7 Å². The Morgan fingerprint density at radius 2 is 1.74 bits per heavy atom. The number of aryl methyl sites for hydroxylation is 1. The van der Waals surface area contributed by atoms with E-state index in [2.05, 4.69) is 41.8 Å². The topological polar surface area (TPSA) is 53.4 Å². The SMILES string of the molecule is CCCc1nc2c(OC)cccc2n1Cc1ccc(-c2ccccc2C(=O)OC)cc1. The summed E-state index contributed by atoms with van der Waals surface area (Å²) >= 11 is 0. The van der Waals surface area contributed by atoms with Gasteiger partial charge in [0.05, 0.1) is 25.3 Å². The number of carbonyl (C=O) groups is 1. The molecule has 5 nitrogen and oxygen atoms in total. The summed E-state index contributed by atoms with van der Waals surface area (Å²) in [4.78, 5) is 17.0. The third kappa shape index (κ3) is 4.04. The third-order valence-corrected chi connectivity index (χ3v) is 5.45. The third-order valence-electron chi connectivity index (χ3n) is 5.45. The first-order chi connectivity index (χ1) is 15.2. The molecule has 1 aromatic heterocycles. The second-order valence-corrected chi connectivity index (χ2v) is 7.43. The van der Waals surface area contributed by atoms with Gasteiger partial charge in [0.1, 0.15) is 17.1 Å². The van der Waals surface area contributed by atoms with E-state index in [-0.39, 0.29) is 5.97 Å². The summed E-state index contributed by atoms with van der Waals surface area (Å²) in [5, 5.41) is 0. The lowest BCUT2D eigenvalue weighted by atomic mass is 9.98. The van der Waals surface area contributed by atoms with Gasteiger partial charge in [0.25, 0.3) is 0 Å². The maximum absolute atomic E-state index is 12.1. The number of imidazole rings is 1. The van der Waals surface area contributed by atoms with E-state index < -0.39 is 0 Å². The number of aromatic nitrogens is 2. The van der Waals surface area contributed by atoms with Gasteiger partial charge >= 0.3 is 5.97 Å². The molecule has 0 aliphatic rings. The van der Waals surface area contributed by atoms with Gasteiger partial charge in [0, 0.05) is 13.0 Å². The average molecular weight is 415 g/mol. The van der Waals surface area contributed by atoms with Gasteiger partial charge in [-0.15, -0.1) is 0 Å². The zero-order chi connectivity index (χ0) is 21.8. The fraction of sp³-hybridized carbons (Fsp3) is 0.231. The van der Waals surface area contributed by atoms with Gasteiger partial charge in [-0.25, -0.2) is 9.78 Å². The lowest BCUT2D eigenvalue weighted by Gasteiger charge is -2.11. The highest BCUT2D eigenvalue weighted by Gasteiger charge is 2.15. The van der Waals surface area contributed by atoms with Crippen molar-refractivity contribution in [1.82, 2.24) is 9.55 Å². The molecule has 4 rings (SSSR count). The predicted molar refractivity (Wildman–Crippen MR) is 123 cm³/mol. The van der Waals surface area contributed by atoms with Gasteiger partial charge in [0.15, 0.2) is 0 Å². The van der Waals surface area contributed by atoms with Crippen LogP contribution in [0.5, 0.6) is 5.75 Å². The number of carbonyl (C=O) groups excluding carboxylic acids is 1. The highest BCUT2D eigenvalue weighted by molar-refractivity contribution is 5.97. The van der Waals surface area contributed by atoms with E-state index in [1.54, 1.807) is 13.2 Å². The summed E-state index contributed by atoms with van der Waals surface area (Å²) in [6, 6.07) is 21.8. The highest BCUT2D eigenvalue weighted by atomic mass is 16.5. The molecule has 3 aromatic carbocycles. The average Bonchev–Trinajstić information content (AvgIpc) is 3.16. The minimum absolute atomic E-state index is 0.331. The first-order valence-electron chi connectivity index (χ1n) is 10.4. The number of esters is 1. The maximum Gasteiger partial charge on any atom is 0.338 e. The maximum atomic E-state index is 12.1. The first kappa shape index (κ1) is 20.7. The van der Waals surface area contributed by atoms with Gasteiger partial charge in [-0.2, -0.15) is 0 Å². The Labute approximate surface area is 182 Å². The minimum Gasteiger partial charge on any atom is -0.494 e. The summed E-state index contributed by atoms with van der Waals surface area (Å²) in [5.74, 6) is 1.52. The lowest BCUT2D eigenvalue weighted by molar-refractivity contribution is 0.0601. The van der Waals surface area contributed by atoms with Crippen LogP contribution in [0.2, 0.25) is 0 Å². The van der Waals surface area contributed by atoms with Crippen LogP contribution in [0.1, 0.15) is 35.1 Å². The summed E-state index contributed by atoms with van der Waals surface area (Å²) in [6.07, 6.45) is 1.93. The molecule has 0 bridgehead atoms. The van der Waals surface area contributed by atoms with Gasteiger partial charge in [-0.3, -0.25) is 0 Å². The van der Waals surface area contributed by atoms with Crippen molar-refractivity contribution in [3.63, 3.8) is 0 Å². The Morgan fingerprint density at radius 1 is 0.968 bits per heavy atom. The molecule has 0 saturated heterocycles. The van der Waals surface area contributed by atoms with Crippen molar-refractivity contribution < 1.29 is 14.3 Å². The van der Waals surface area contributed by atoms with Crippen LogP contribution < -0.4 is 4.74 Å². The zero-order valence-corrected chi connectivity index (χ0v) is 18.1. The van der Waals surface area contributed by atoms with Crippen molar-refractivity contribution in [3.05, 3.63) is 83.7 Å². The smallest absolute Gasteiger partial charge is 0.338 e. The number of methoxy groups -OCH3 is 2. The minimum atomic E-state index is -0.331. The van der Waals surface area contributed by atoms with Crippen molar-refractivity contribution in [2.75, 3.05) is 14.2 Å². The van der Waals surface area contributed by atoms with Crippen molar-refractivity contribution in [3.8, 4) is 16.9 Å². The summed E-state index contributed by atoms with van der Waals surface area (Å²) < 4.78 is 12.7. The normalized spacial score (nSPS) is 10.9. The predicted octanol–water partition coefficient (Wildman–Crippen LogP) is 5.50. The Hall–Kier alpha value is -3.60. The van der Waals surface area contributed by atoms with Crippen molar-refractivity contribution in [2.45, 2.75) is 26.3 Å². The number of rotatable bonds is 7. The zero-order valence-electron chi connectivity index (χ0n) is 18.1. The molecule has 0 amide bonds. The molecule has 0 fully saturated rings. The number of ether oxygens (including phenoxy) is 2. The molecule has 0 aliphatic heterocycles. The van der Waals surface area contributed by atoms with Gasteiger partial charge in [0.2, 0.25) is 0 Å². The number of benzene rings is 3. The van der Waals surface area contributed by atoms with E-state index in [4.69, 9.17) is 14.5 Å². The first-order valence-corrected chi connectivity index (χ1v) is 10.4. The number of hydrogen-bond donors (Lipinski definition) is 0. The molecule has 0 saturated carbocycles. The van der Waals surface area contributed by atoms with Gasteiger partial charge < -0.3 is 14.0 Å². The molecular formula is C26H26N2O3. The van der Waals surface area contributed by atoms with Crippen molar-refractivity contribution >= 4 is 17.0 Å². The standard InChI is InChI=1S/C26H26N2O3/c1-4-8-24-27-25-22(11-7-12-23(25)30-2)28(24)17-18-13-15-19(16-14-18)20-9-5-6-10-21(20)26(29)31-3/h5-7,9-16H,4,8,17H2,1-3H3. The molecular weight excluding hydrogens is 388 g/mol. The number of nitrogens with zero attached hydrogens (tertiary/aromatic N) is 2. The molecule has 0 radical (unpaired) electrons. The second-order valence-electron chi connectivity index (χ2n) is 7.43. The summed E-state index contributed by atoms with van der Waals surface area (Å²) in [7, 11) is 3.08. The fourth-order valence-electron chi connectivity index (χ4n) is 3.92. The van der Waals surface area contributed by atoms with E-state index in [1.807, 2.05) is 30.3 Å². The van der Waals surface area contributed by atoms with Crippen molar-refractivity contribution in [1.29, 1.82) is 0 Å². The van der Waals surface area contributed by atoms with E-state index in [0.717, 1.165) is 53.1 Å². The van der Waals surface area contributed by atoms with Crippen LogP contribution >= 0.6 is 0 Å². The van der Waals surface area contributed by atoms with E-state index in [1.165, 1.54) is 12.7 Å². The quantitative estimate of drug-likeness (QED) is 0.375. The summed E-state index contributed by atoms with van der Waals surface area (Å²) in [5.41, 5.74) is 5.55. The Morgan fingerprint density at radius 3 is 2.45 bits per heavy atom. The van der Waals surface area contributed by atoms with E-state index in [0.29, 0.717) is 5.56 Å². The Kier molecular flexibility index (Phi) is 6.03. The molecule has 31 heavy (non-hydrogen) atoms. The summed E-state index contributed by atoms with van der Waals surface area (Å²) in [6.45, 7) is 2.88. The van der Waals surface area contributed by atoms with E-state index >= 15 is 0 Å². The largest absolute Gasteiger partial charge is 0.494 e. The van der Waals surface area contributed by atoms with Crippen LogP contribution in [0.3, 0.4) is 0 Å². The van der Waals surface area contributed by atoms with Crippen LogP contribution in [0.15, 0.2) is 66.7 Å². The van der Waals surface area contributed by atoms with Crippen molar-refractivity contribution in [2.24, 2.45) is 0 Å². The van der Waals surface area contributed by atoms with Crippen LogP contribution in [0.25, 0.3) is 22.2 Å². The van der Waals surface area contributed by atoms with Crippen LogP contribution in [0, 0.1) is 0 Å². The fourth-order valence-corrected chi connectivity index (χ4v) is 3.92. The Bertz CT molecular complexity index is 1210. The highest BCUT2D eigenvalue weighted by Crippen LogP contribution is 2.28. The number of hydrogen-bond acceptors (Lipinski definition) is 4. The lowest BCUT2D eigenvalue weighted by Crippen LogP contribution is -2.05. The van der Waals surface area contributed by atoms with Gasteiger partial charge in [-0.05, 0) is 41.3 Å². The molecule has 5 heteroatoms. The molecule has 158 valence electrons. The molecule has 0 aliphatic carbocycles. The number of fused-ring (bicyclic) bond motifs is 1. The van der Waals surface area contributed by atoms with Crippen LogP contribution in [-0.2, 0) is 17.7 Å². The van der Waals surface area contributed by atoms with E-state index in [9.17, 15) is 4.79 Å².